The van der Waals surface area contributed by atoms with Crippen LogP contribution < -0.4 is 5.32 Å². The Morgan fingerprint density at radius 2 is 1.89 bits per heavy atom. The van der Waals surface area contributed by atoms with Crippen LogP contribution in [-0.2, 0) is 10.0 Å². The van der Waals surface area contributed by atoms with Crippen molar-refractivity contribution in [1.29, 1.82) is 0 Å². The van der Waals surface area contributed by atoms with E-state index in [-0.39, 0.29) is 9.36 Å². The first-order chi connectivity index (χ1) is 8.91. The lowest BCUT2D eigenvalue weighted by molar-refractivity contribution is 0.523. The Hall–Kier alpha value is -1.15. The van der Waals surface area contributed by atoms with Crippen LogP contribution in [-0.4, -0.2) is 31.8 Å². The molecular formula is C11H12ClN3O2S2. The summed E-state index contributed by atoms with van der Waals surface area (Å²) in [5, 5.41) is 3.44. The van der Waals surface area contributed by atoms with Gasteiger partial charge in [-0.2, -0.15) is 0 Å². The molecule has 0 saturated heterocycles. The number of para-hydroxylation sites is 1. The molecule has 1 heterocycles. The first-order valence-electron chi connectivity index (χ1n) is 5.32. The number of rotatable bonds is 4. The van der Waals surface area contributed by atoms with Crippen molar-refractivity contribution in [3.8, 4) is 0 Å². The van der Waals surface area contributed by atoms with E-state index in [0.717, 1.165) is 21.3 Å². The second-order valence-corrected chi connectivity index (χ2v) is 7.58. The Bertz CT molecular complexity index is 669. The number of halogens is 1. The summed E-state index contributed by atoms with van der Waals surface area (Å²) < 4.78 is 25.2. The standard InChI is InChI=1S/C11H12ClN3O2S2/c1-15(2)19(16,17)10-9(12)14-11(18-10)13-8-6-4-3-5-7-8/h3-7H,1-2H3,(H,13,14). The molecule has 2 rings (SSSR count). The topological polar surface area (TPSA) is 62.3 Å². The zero-order valence-electron chi connectivity index (χ0n) is 10.3. The van der Waals surface area contributed by atoms with Crippen LogP contribution in [0, 0.1) is 0 Å². The fourth-order valence-electron chi connectivity index (χ4n) is 1.31. The molecule has 0 unspecified atom stereocenters. The van der Waals surface area contributed by atoms with Crippen LogP contribution in [0.1, 0.15) is 0 Å². The maximum absolute atomic E-state index is 12.0. The number of benzene rings is 1. The number of hydrogen-bond donors (Lipinski definition) is 1. The van der Waals surface area contributed by atoms with Crippen molar-refractivity contribution in [2.75, 3.05) is 19.4 Å². The molecule has 0 aliphatic heterocycles. The normalized spacial score (nSPS) is 11.8. The number of aromatic nitrogens is 1. The van der Waals surface area contributed by atoms with Crippen molar-refractivity contribution >= 4 is 43.8 Å². The molecule has 0 saturated carbocycles. The Morgan fingerprint density at radius 3 is 2.47 bits per heavy atom. The molecule has 8 heteroatoms. The molecule has 2 aromatic rings. The first kappa shape index (κ1) is 14.3. The largest absolute Gasteiger partial charge is 0.331 e. The average Bonchev–Trinajstić information content (AvgIpc) is 2.72. The summed E-state index contributed by atoms with van der Waals surface area (Å²) >= 11 is 6.90. The molecule has 0 spiro atoms. The lowest BCUT2D eigenvalue weighted by Gasteiger charge is -2.08. The fraction of sp³-hybridized carbons (Fsp3) is 0.182. The predicted octanol–water partition coefficient (Wildman–Crippen LogP) is 2.79. The number of nitrogens with zero attached hydrogens (tertiary/aromatic N) is 2. The molecule has 1 aromatic carbocycles. The molecule has 0 bridgehead atoms. The van der Waals surface area contributed by atoms with Crippen LogP contribution in [0.4, 0.5) is 10.8 Å². The average molecular weight is 318 g/mol. The fourth-order valence-corrected chi connectivity index (χ4v) is 4.16. The molecule has 5 nitrogen and oxygen atoms in total. The number of sulfonamides is 1. The maximum atomic E-state index is 12.0. The lowest BCUT2D eigenvalue weighted by atomic mass is 10.3. The zero-order chi connectivity index (χ0) is 14.0. The van der Waals surface area contributed by atoms with Gasteiger partial charge in [-0.15, -0.1) is 0 Å². The van der Waals surface area contributed by atoms with Gasteiger partial charge in [0.15, 0.2) is 14.5 Å². The minimum atomic E-state index is -3.56. The molecule has 19 heavy (non-hydrogen) atoms. The molecular weight excluding hydrogens is 306 g/mol. The van der Waals surface area contributed by atoms with Gasteiger partial charge in [-0.1, -0.05) is 41.1 Å². The van der Waals surface area contributed by atoms with E-state index in [1.807, 2.05) is 30.3 Å². The van der Waals surface area contributed by atoms with E-state index in [1.165, 1.54) is 14.1 Å². The van der Waals surface area contributed by atoms with E-state index in [9.17, 15) is 8.42 Å². The third-order valence-corrected chi connectivity index (χ3v) is 6.07. The summed E-state index contributed by atoms with van der Waals surface area (Å²) in [6, 6.07) is 9.34. The van der Waals surface area contributed by atoms with Gasteiger partial charge in [-0.3, -0.25) is 0 Å². The van der Waals surface area contributed by atoms with Gasteiger partial charge in [0, 0.05) is 19.8 Å². The van der Waals surface area contributed by atoms with Crippen LogP contribution >= 0.6 is 22.9 Å². The maximum Gasteiger partial charge on any atom is 0.255 e. The minimum Gasteiger partial charge on any atom is -0.331 e. The van der Waals surface area contributed by atoms with Crippen LogP contribution in [0.25, 0.3) is 0 Å². The quantitative estimate of drug-likeness (QED) is 0.942. The molecule has 0 amide bonds. The predicted molar refractivity (Wildman–Crippen MR) is 77.7 cm³/mol. The van der Waals surface area contributed by atoms with Crippen molar-refractivity contribution in [3.05, 3.63) is 35.5 Å². The van der Waals surface area contributed by atoms with E-state index < -0.39 is 10.0 Å². The molecule has 102 valence electrons. The molecule has 1 N–H and O–H groups in total. The SMILES string of the molecule is CN(C)S(=O)(=O)c1sc(Nc2ccccc2)nc1Cl. The van der Waals surface area contributed by atoms with Crippen molar-refractivity contribution in [2.45, 2.75) is 4.21 Å². The summed E-state index contributed by atoms with van der Waals surface area (Å²) in [7, 11) is -0.654. The van der Waals surface area contributed by atoms with Gasteiger partial charge in [-0.25, -0.2) is 17.7 Å². The van der Waals surface area contributed by atoms with Crippen LogP contribution in [0.5, 0.6) is 0 Å². The first-order valence-corrected chi connectivity index (χ1v) is 7.95. The van der Waals surface area contributed by atoms with Crippen LogP contribution in [0.3, 0.4) is 0 Å². The molecule has 1 aromatic heterocycles. The van der Waals surface area contributed by atoms with E-state index in [1.54, 1.807) is 0 Å². The van der Waals surface area contributed by atoms with Crippen molar-refractivity contribution < 1.29 is 8.42 Å². The Balaban J connectivity index is 2.32. The minimum absolute atomic E-state index is 0.0165. The monoisotopic (exact) mass is 317 g/mol. The zero-order valence-corrected chi connectivity index (χ0v) is 12.7. The van der Waals surface area contributed by atoms with Gasteiger partial charge in [0.2, 0.25) is 0 Å². The Morgan fingerprint density at radius 1 is 1.26 bits per heavy atom. The summed E-state index contributed by atoms with van der Waals surface area (Å²) in [5.74, 6) is 0. The highest BCUT2D eigenvalue weighted by Crippen LogP contribution is 2.33. The highest BCUT2D eigenvalue weighted by Gasteiger charge is 2.25. The van der Waals surface area contributed by atoms with Crippen LogP contribution in [0.2, 0.25) is 5.15 Å². The van der Waals surface area contributed by atoms with Gasteiger partial charge in [0.05, 0.1) is 0 Å². The van der Waals surface area contributed by atoms with Crippen molar-refractivity contribution in [3.63, 3.8) is 0 Å². The summed E-state index contributed by atoms with van der Waals surface area (Å²) in [6.45, 7) is 0. The third-order valence-electron chi connectivity index (χ3n) is 2.30. The Labute approximate surface area is 120 Å². The van der Waals surface area contributed by atoms with Crippen LogP contribution in [0.15, 0.2) is 34.5 Å². The van der Waals surface area contributed by atoms with Gasteiger partial charge < -0.3 is 5.32 Å². The number of nitrogens with one attached hydrogen (secondary N) is 1. The van der Waals surface area contributed by atoms with Gasteiger partial charge in [0.25, 0.3) is 10.0 Å². The third kappa shape index (κ3) is 3.06. The molecule has 0 fully saturated rings. The number of anilines is 2. The Kier molecular flexibility index (Phi) is 4.10. The number of hydrogen-bond acceptors (Lipinski definition) is 5. The second kappa shape index (κ2) is 5.46. The molecule has 0 aliphatic rings. The second-order valence-electron chi connectivity index (χ2n) is 3.88. The molecule has 0 radical (unpaired) electrons. The van der Waals surface area contributed by atoms with Gasteiger partial charge in [0.1, 0.15) is 0 Å². The van der Waals surface area contributed by atoms with Gasteiger partial charge in [-0.05, 0) is 12.1 Å². The molecule has 0 atom stereocenters. The molecule has 0 aliphatic carbocycles. The van der Waals surface area contributed by atoms with Gasteiger partial charge >= 0.3 is 0 Å². The number of thiazole rings is 1. The van der Waals surface area contributed by atoms with E-state index >= 15 is 0 Å². The van der Waals surface area contributed by atoms with E-state index in [2.05, 4.69) is 10.3 Å². The highest BCUT2D eigenvalue weighted by atomic mass is 35.5. The summed E-state index contributed by atoms with van der Waals surface area (Å²) in [4.78, 5) is 4.02. The summed E-state index contributed by atoms with van der Waals surface area (Å²) in [5.41, 5.74) is 0.821. The van der Waals surface area contributed by atoms with E-state index in [4.69, 9.17) is 11.6 Å². The van der Waals surface area contributed by atoms with E-state index in [0.29, 0.717) is 5.13 Å². The lowest BCUT2D eigenvalue weighted by Crippen LogP contribution is -2.21. The van der Waals surface area contributed by atoms with Crippen molar-refractivity contribution in [2.24, 2.45) is 0 Å². The highest BCUT2D eigenvalue weighted by molar-refractivity contribution is 7.91. The summed E-state index contributed by atoms with van der Waals surface area (Å²) in [6.07, 6.45) is 0. The smallest absolute Gasteiger partial charge is 0.255 e. The van der Waals surface area contributed by atoms with Crippen molar-refractivity contribution in [1.82, 2.24) is 9.29 Å².